The van der Waals surface area contributed by atoms with Crippen molar-refractivity contribution in [3.8, 4) is 5.69 Å². The Hall–Kier alpha value is -2.79. The summed E-state index contributed by atoms with van der Waals surface area (Å²) in [5.41, 5.74) is 13.4. The Labute approximate surface area is 199 Å². The van der Waals surface area contributed by atoms with Crippen molar-refractivity contribution >= 4 is 11.8 Å². The molecule has 1 aromatic heterocycles. The van der Waals surface area contributed by atoms with Crippen LogP contribution in [0.5, 0.6) is 0 Å². The average molecular weight is 467 g/mol. The largest absolute Gasteiger partial charge is 0.354 e. The van der Waals surface area contributed by atoms with Gasteiger partial charge in [0.1, 0.15) is 5.82 Å². The molecule has 2 aliphatic heterocycles. The molecule has 3 unspecified atom stereocenters. The molecular weight excluding hydrogens is 432 g/mol. The number of carbonyl (C=O) groups excluding carboxylic acids is 1. The first kappa shape index (κ1) is 23.0. The van der Waals surface area contributed by atoms with Gasteiger partial charge >= 0.3 is 11.7 Å². The van der Waals surface area contributed by atoms with E-state index in [1.807, 2.05) is 12.1 Å². The number of carbonyl (C=O) groups is 1. The summed E-state index contributed by atoms with van der Waals surface area (Å²) < 4.78 is 1.49. The maximum absolute atomic E-state index is 12.6. The van der Waals surface area contributed by atoms with Gasteiger partial charge < -0.3 is 26.6 Å². The molecule has 1 aliphatic carbocycles. The van der Waals surface area contributed by atoms with E-state index in [2.05, 4.69) is 32.7 Å². The van der Waals surface area contributed by atoms with Crippen LogP contribution in [0.25, 0.3) is 5.69 Å². The van der Waals surface area contributed by atoms with E-state index in [0.29, 0.717) is 25.6 Å². The number of piperazine rings is 1. The number of hydrogen-bond acceptors (Lipinski definition) is 7. The Balaban J connectivity index is 1.13. The number of nitrogens with two attached hydrogens (primary N) is 2. The zero-order chi connectivity index (χ0) is 23.7. The SMILES string of the molecule is NCC(N)C1C2CN(CCc3ccc(-n4ccc(NC(=O)N5CCNCC5)nc4=O)cc3)C[C@@H]21. The molecule has 182 valence electrons. The highest BCUT2D eigenvalue weighted by atomic mass is 16.2. The smallest absolute Gasteiger partial charge is 0.329 e. The van der Waals surface area contributed by atoms with Crippen LogP contribution in [-0.4, -0.2) is 83.8 Å². The van der Waals surface area contributed by atoms with Crippen LogP contribution in [0, 0.1) is 17.8 Å². The highest BCUT2D eigenvalue weighted by molar-refractivity contribution is 5.88. The van der Waals surface area contributed by atoms with Crippen LogP contribution >= 0.6 is 0 Å². The molecule has 4 atom stereocenters. The molecule has 2 aromatic rings. The summed E-state index contributed by atoms with van der Waals surface area (Å²) in [5, 5.41) is 5.92. The monoisotopic (exact) mass is 466 g/mol. The Morgan fingerprint density at radius 3 is 2.50 bits per heavy atom. The number of likely N-dealkylation sites (tertiary alicyclic amines) is 1. The van der Waals surface area contributed by atoms with E-state index in [1.165, 1.54) is 10.1 Å². The van der Waals surface area contributed by atoms with Crippen molar-refractivity contribution in [2.75, 3.05) is 57.7 Å². The highest BCUT2D eigenvalue weighted by Gasteiger charge is 2.57. The molecular formula is C24H34N8O2. The number of hydrogen-bond donors (Lipinski definition) is 4. The summed E-state index contributed by atoms with van der Waals surface area (Å²) in [4.78, 5) is 33.2. The Bertz CT molecular complexity index is 1050. The van der Waals surface area contributed by atoms with Crippen LogP contribution in [-0.2, 0) is 6.42 Å². The van der Waals surface area contributed by atoms with Crippen molar-refractivity contribution in [2.24, 2.45) is 29.2 Å². The molecule has 10 heteroatoms. The van der Waals surface area contributed by atoms with Gasteiger partial charge in [-0.25, -0.2) is 9.59 Å². The molecule has 1 saturated carbocycles. The molecule has 10 nitrogen and oxygen atoms in total. The number of fused-ring (bicyclic) bond motifs is 1. The maximum atomic E-state index is 12.6. The Morgan fingerprint density at radius 1 is 1.15 bits per heavy atom. The molecule has 3 aliphatic rings. The van der Waals surface area contributed by atoms with Crippen LogP contribution in [0.15, 0.2) is 41.3 Å². The van der Waals surface area contributed by atoms with Gasteiger partial charge in [-0.15, -0.1) is 0 Å². The number of rotatable bonds is 7. The Morgan fingerprint density at radius 2 is 1.85 bits per heavy atom. The zero-order valence-electron chi connectivity index (χ0n) is 19.4. The highest BCUT2D eigenvalue weighted by Crippen LogP contribution is 2.52. The van der Waals surface area contributed by atoms with Gasteiger partial charge in [-0.1, -0.05) is 12.1 Å². The van der Waals surface area contributed by atoms with E-state index in [-0.39, 0.29) is 17.9 Å². The molecule has 6 N–H and O–H groups in total. The topological polar surface area (TPSA) is 135 Å². The van der Waals surface area contributed by atoms with Crippen molar-refractivity contribution in [3.63, 3.8) is 0 Å². The van der Waals surface area contributed by atoms with Crippen LogP contribution in [0.2, 0.25) is 0 Å². The fourth-order valence-electron chi connectivity index (χ4n) is 5.47. The molecule has 0 radical (unpaired) electrons. The fourth-order valence-corrected chi connectivity index (χ4v) is 5.47. The minimum absolute atomic E-state index is 0.153. The van der Waals surface area contributed by atoms with Crippen molar-refractivity contribution < 1.29 is 4.79 Å². The Kier molecular flexibility index (Phi) is 6.64. The molecule has 2 saturated heterocycles. The van der Waals surface area contributed by atoms with Crippen molar-refractivity contribution in [2.45, 2.75) is 12.5 Å². The van der Waals surface area contributed by atoms with Crippen LogP contribution in [0.3, 0.4) is 0 Å². The van der Waals surface area contributed by atoms with E-state index in [0.717, 1.165) is 56.7 Å². The molecule has 34 heavy (non-hydrogen) atoms. The molecule has 0 bridgehead atoms. The number of aromatic nitrogens is 2. The molecule has 3 fully saturated rings. The predicted molar refractivity (Wildman–Crippen MR) is 131 cm³/mol. The summed E-state index contributed by atoms with van der Waals surface area (Å²) in [6.07, 6.45) is 2.62. The minimum Gasteiger partial charge on any atom is -0.329 e. The van der Waals surface area contributed by atoms with Gasteiger partial charge in [0.25, 0.3) is 0 Å². The van der Waals surface area contributed by atoms with Crippen LogP contribution in [0.1, 0.15) is 5.56 Å². The molecule has 1 aromatic carbocycles. The number of urea groups is 1. The van der Waals surface area contributed by atoms with Gasteiger partial charge in [-0.05, 0) is 47.9 Å². The summed E-state index contributed by atoms with van der Waals surface area (Å²) >= 11 is 0. The molecule has 0 spiro atoms. The quantitative estimate of drug-likeness (QED) is 0.439. The summed E-state index contributed by atoms with van der Waals surface area (Å²) in [7, 11) is 0. The predicted octanol–water partition coefficient (Wildman–Crippen LogP) is -0.324. The number of nitrogens with zero attached hydrogens (tertiary/aromatic N) is 4. The van der Waals surface area contributed by atoms with E-state index in [9.17, 15) is 9.59 Å². The fraction of sp³-hybridized carbons (Fsp3) is 0.542. The van der Waals surface area contributed by atoms with Crippen molar-refractivity contribution in [3.05, 3.63) is 52.6 Å². The third-order valence-electron chi connectivity index (χ3n) is 7.48. The lowest BCUT2D eigenvalue weighted by atomic mass is 10.1. The number of anilines is 1. The summed E-state index contributed by atoms with van der Waals surface area (Å²) in [5.74, 6) is 2.34. The second-order valence-corrected chi connectivity index (χ2v) is 9.61. The molecule has 2 amide bonds. The van der Waals surface area contributed by atoms with Crippen LogP contribution in [0.4, 0.5) is 10.6 Å². The number of benzene rings is 1. The van der Waals surface area contributed by atoms with Crippen molar-refractivity contribution in [1.82, 2.24) is 24.7 Å². The second kappa shape index (κ2) is 9.83. The summed E-state index contributed by atoms with van der Waals surface area (Å²) in [6, 6.07) is 9.57. The van der Waals surface area contributed by atoms with E-state index in [4.69, 9.17) is 11.5 Å². The zero-order valence-corrected chi connectivity index (χ0v) is 19.4. The third kappa shape index (κ3) is 4.85. The minimum atomic E-state index is -0.424. The lowest BCUT2D eigenvalue weighted by molar-refractivity contribution is 0.204. The van der Waals surface area contributed by atoms with E-state index < -0.39 is 5.69 Å². The number of nitrogens with one attached hydrogen (secondary N) is 2. The lowest BCUT2D eigenvalue weighted by Gasteiger charge is -2.27. The lowest BCUT2D eigenvalue weighted by Crippen LogP contribution is -2.48. The van der Waals surface area contributed by atoms with E-state index in [1.54, 1.807) is 17.2 Å². The summed E-state index contributed by atoms with van der Waals surface area (Å²) in [6.45, 7) is 6.66. The van der Waals surface area contributed by atoms with Gasteiger partial charge in [0.2, 0.25) is 0 Å². The maximum Gasteiger partial charge on any atom is 0.354 e. The van der Waals surface area contributed by atoms with Crippen molar-refractivity contribution in [1.29, 1.82) is 0 Å². The van der Waals surface area contributed by atoms with E-state index >= 15 is 0 Å². The van der Waals surface area contributed by atoms with Gasteiger partial charge in [0, 0.05) is 64.6 Å². The van der Waals surface area contributed by atoms with Gasteiger partial charge in [-0.2, -0.15) is 4.98 Å². The van der Waals surface area contributed by atoms with Crippen LogP contribution < -0.4 is 27.8 Å². The van der Waals surface area contributed by atoms with Gasteiger partial charge in [0.05, 0.1) is 5.69 Å². The normalized spacial score (nSPS) is 25.1. The van der Waals surface area contributed by atoms with Gasteiger partial charge in [0.15, 0.2) is 0 Å². The molecule has 5 rings (SSSR count). The number of piperidine rings is 1. The number of amides is 2. The first-order valence-corrected chi connectivity index (χ1v) is 12.2. The first-order chi connectivity index (χ1) is 16.5. The second-order valence-electron chi connectivity index (χ2n) is 9.61. The first-order valence-electron chi connectivity index (χ1n) is 12.2. The third-order valence-corrected chi connectivity index (χ3v) is 7.48. The standard InChI is InChI=1S/C24H34N8O2/c25-13-20(26)22-18-14-30(15-19(18)22)9-5-16-1-3-17(4-2-16)32-10-6-21(29-24(32)34)28-23(33)31-11-7-27-8-12-31/h1-4,6,10,18-20,22,27H,5,7-9,11-15,25-26H2,(H,28,29,33,34)/t18-,19?,20?,22?/m0/s1. The molecule has 3 heterocycles. The average Bonchev–Trinajstić information content (AvgIpc) is 3.37. The van der Waals surface area contributed by atoms with Gasteiger partial charge in [-0.3, -0.25) is 9.88 Å².